The molecule has 49 heavy (non-hydrogen) atoms. The van der Waals surface area contributed by atoms with Crippen LogP contribution < -0.4 is 21.3 Å². The summed E-state index contributed by atoms with van der Waals surface area (Å²) in [5, 5.41) is 11.0. The minimum Gasteiger partial charge on any atom is -0.350 e. The topological polar surface area (TPSA) is 157 Å². The van der Waals surface area contributed by atoms with Gasteiger partial charge in [0.05, 0.1) is 6.04 Å². The van der Waals surface area contributed by atoms with E-state index >= 15 is 0 Å². The predicted octanol–water partition coefficient (Wildman–Crippen LogP) is 2.47. The summed E-state index contributed by atoms with van der Waals surface area (Å²) in [4.78, 5) is 83.4. The lowest BCUT2D eigenvalue weighted by Crippen LogP contribution is -2.62. The molecular formula is C37H52N6O6. The van der Waals surface area contributed by atoms with E-state index in [2.05, 4.69) is 27.2 Å². The van der Waals surface area contributed by atoms with Crippen LogP contribution in [0.25, 0.3) is 0 Å². The zero-order valence-corrected chi connectivity index (χ0v) is 30.2. The van der Waals surface area contributed by atoms with Gasteiger partial charge in [-0.15, -0.1) is 12.3 Å². The second-order valence-corrected chi connectivity index (χ2v) is 16.3. The highest BCUT2D eigenvalue weighted by molar-refractivity contribution is 6.38. The molecule has 1 saturated heterocycles. The Morgan fingerprint density at radius 3 is 2.22 bits per heavy atom. The van der Waals surface area contributed by atoms with Gasteiger partial charge < -0.3 is 31.1 Å². The number of piperidine rings is 1. The van der Waals surface area contributed by atoms with Crippen molar-refractivity contribution < 1.29 is 28.8 Å². The summed E-state index contributed by atoms with van der Waals surface area (Å²) >= 11 is 0. The Morgan fingerprint density at radius 2 is 1.65 bits per heavy atom. The van der Waals surface area contributed by atoms with E-state index in [1.807, 2.05) is 73.6 Å². The molecule has 1 saturated carbocycles. The van der Waals surface area contributed by atoms with Gasteiger partial charge in [0.1, 0.15) is 18.1 Å². The Bertz CT molecular complexity index is 1550. The number of Topliss-reactive ketones (excluding diaryl/α,β-unsaturated/α-hetero) is 1. The van der Waals surface area contributed by atoms with Gasteiger partial charge >= 0.3 is 6.03 Å². The van der Waals surface area contributed by atoms with E-state index in [4.69, 9.17) is 6.42 Å². The van der Waals surface area contributed by atoms with Gasteiger partial charge in [-0.25, -0.2) is 4.79 Å². The molecule has 0 bridgehead atoms. The molecule has 1 aromatic rings. The number of urea groups is 1. The van der Waals surface area contributed by atoms with Crippen molar-refractivity contribution in [3.63, 3.8) is 0 Å². The smallest absolute Gasteiger partial charge is 0.315 e. The number of hydrogen-bond acceptors (Lipinski definition) is 6. The zero-order valence-electron chi connectivity index (χ0n) is 30.2. The number of likely N-dealkylation sites (N-methyl/N-ethyl adjacent to an activating group) is 1. The molecule has 1 aromatic carbocycles. The van der Waals surface area contributed by atoms with Crippen molar-refractivity contribution in [2.45, 2.75) is 99.4 Å². The van der Waals surface area contributed by atoms with Gasteiger partial charge in [0.25, 0.3) is 11.8 Å². The quantitative estimate of drug-likeness (QED) is 0.209. The molecule has 2 fully saturated rings. The first kappa shape index (κ1) is 37.4. The Balaban J connectivity index is 1.52. The largest absolute Gasteiger partial charge is 0.350 e. The monoisotopic (exact) mass is 676 g/mol. The van der Waals surface area contributed by atoms with Crippen LogP contribution in [0.15, 0.2) is 24.3 Å². The molecule has 4 rings (SSSR count). The van der Waals surface area contributed by atoms with Crippen LogP contribution in [0, 0.1) is 40.4 Å². The lowest BCUT2D eigenvalue weighted by molar-refractivity contribution is -0.145. The van der Waals surface area contributed by atoms with E-state index < -0.39 is 64.5 Å². The molecule has 4 N–H and O–H groups in total. The first-order valence-corrected chi connectivity index (χ1v) is 17.0. The number of carbonyl (C=O) groups is 6. The second-order valence-electron chi connectivity index (χ2n) is 16.3. The average molecular weight is 677 g/mol. The Hall–Kier alpha value is -4.40. The van der Waals surface area contributed by atoms with Gasteiger partial charge in [0.15, 0.2) is 0 Å². The maximum atomic E-state index is 14.4. The van der Waals surface area contributed by atoms with Crippen molar-refractivity contribution in [3.05, 3.63) is 35.4 Å². The van der Waals surface area contributed by atoms with Crippen LogP contribution in [-0.4, -0.2) is 89.0 Å². The van der Waals surface area contributed by atoms with Gasteiger partial charge in [-0.1, -0.05) is 73.6 Å². The van der Waals surface area contributed by atoms with Gasteiger partial charge in [-0.2, -0.15) is 0 Å². The zero-order chi connectivity index (χ0) is 36.6. The average Bonchev–Trinajstić information content (AvgIpc) is 3.29. The molecule has 12 nitrogen and oxygen atoms in total. The fourth-order valence-corrected chi connectivity index (χ4v) is 7.17. The van der Waals surface area contributed by atoms with Crippen LogP contribution in [-0.2, 0) is 25.7 Å². The Morgan fingerprint density at radius 1 is 1.00 bits per heavy atom. The highest BCUT2D eigenvalue weighted by atomic mass is 16.2. The van der Waals surface area contributed by atoms with Crippen molar-refractivity contribution in [1.29, 1.82) is 0 Å². The predicted molar refractivity (Wildman–Crippen MR) is 185 cm³/mol. The standard InChI is InChI=1S/C37H52N6O6/c1-11-15-24(28(44)31(46)38-12-2)39-30(45)27-26-23(37(26,9)10)19-43(27)33(48)29(36(6,7)8)41-34(49)40-25(35(3,4)5)20-42-18-21-16-13-14-17-22(21)32(42)47/h1,13-14,16-17,23-27,29H,12,15,18-20H2,2-10H3,(H,38,46)(H,39,45)(H2,40,41,49)/t23-,24?,25+,26-,27-,29+/m0/s1. The number of carbonyl (C=O) groups excluding carboxylic acids is 6. The molecule has 2 aliphatic heterocycles. The summed E-state index contributed by atoms with van der Waals surface area (Å²) in [6.45, 7) is 18.4. The summed E-state index contributed by atoms with van der Waals surface area (Å²) in [5.41, 5.74) is 0.189. The molecule has 0 aromatic heterocycles. The molecule has 6 atom stereocenters. The van der Waals surface area contributed by atoms with E-state index in [9.17, 15) is 28.8 Å². The third-order valence-corrected chi connectivity index (χ3v) is 10.3. The van der Waals surface area contributed by atoms with E-state index in [1.165, 1.54) is 4.90 Å². The summed E-state index contributed by atoms with van der Waals surface area (Å²) in [7, 11) is 0. The summed E-state index contributed by atoms with van der Waals surface area (Å²) in [6.07, 6.45) is 5.29. The number of amides is 6. The number of terminal acetylenes is 1. The van der Waals surface area contributed by atoms with E-state index in [1.54, 1.807) is 17.9 Å². The second kappa shape index (κ2) is 13.8. The molecule has 12 heteroatoms. The molecule has 6 amide bonds. The SMILES string of the molecule is C#CCC(NC(=O)[C@@H]1[C@@H]2[C@H](CN1C(=O)[C@@H](NC(=O)N[C@H](CN1Cc3ccccc3C1=O)C(C)(C)C)C(C)(C)C)C2(C)C)C(=O)C(=O)NCC. The minimum atomic E-state index is -1.24. The van der Waals surface area contributed by atoms with Crippen LogP contribution >= 0.6 is 0 Å². The lowest BCUT2D eigenvalue weighted by atomic mass is 9.85. The van der Waals surface area contributed by atoms with Crippen molar-refractivity contribution in [3.8, 4) is 12.3 Å². The van der Waals surface area contributed by atoms with E-state index in [0.717, 1.165) is 5.56 Å². The van der Waals surface area contributed by atoms with Crippen molar-refractivity contribution >= 4 is 35.4 Å². The van der Waals surface area contributed by atoms with Crippen LogP contribution in [0.2, 0.25) is 0 Å². The third-order valence-electron chi connectivity index (χ3n) is 10.3. The van der Waals surface area contributed by atoms with Crippen molar-refractivity contribution in [2.24, 2.45) is 28.1 Å². The Kier molecular flexibility index (Phi) is 10.6. The van der Waals surface area contributed by atoms with Crippen molar-refractivity contribution in [2.75, 3.05) is 19.6 Å². The van der Waals surface area contributed by atoms with Crippen LogP contribution in [0.1, 0.15) is 84.7 Å². The number of likely N-dealkylation sites (tertiary alicyclic amines) is 1. The van der Waals surface area contributed by atoms with Gasteiger partial charge in [0, 0.05) is 38.2 Å². The number of hydrogen-bond donors (Lipinski definition) is 4. The minimum absolute atomic E-state index is 0.0409. The molecular weight excluding hydrogens is 624 g/mol. The number of benzene rings is 1. The number of nitrogens with zero attached hydrogens (tertiary/aromatic N) is 2. The van der Waals surface area contributed by atoms with Crippen molar-refractivity contribution in [1.82, 2.24) is 31.1 Å². The summed E-state index contributed by atoms with van der Waals surface area (Å²) in [5.74, 6) is -0.556. The summed E-state index contributed by atoms with van der Waals surface area (Å²) in [6, 6.07) is 3.26. The van der Waals surface area contributed by atoms with Gasteiger partial charge in [-0.3, -0.25) is 24.0 Å². The molecule has 0 radical (unpaired) electrons. The Labute approximate surface area is 289 Å². The van der Waals surface area contributed by atoms with E-state index in [-0.39, 0.29) is 42.7 Å². The first-order valence-electron chi connectivity index (χ1n) is 17.0. The highest BCUT2D eigenvalue weighted by Crippen LogP contribution is 2.65. The number of ketones is 1. The molecule has 3 aliphatic rings. The molecule has 2 heterocycles. The molecule has 1 aliphatic carbocycles. The molecule has 0 spiro atoms. The number of fused-ring (bicyclic) bond motifs is 2. The van der Waals surface area contributed by atoms with Crippen LogP contribution in [0.5, 0.6) is 0 Å². The third kappa shape index (κ3) is 7.76. The lowest BCUT2D eigenvalue weighted by Gasteiger charge is -2.39. The maximum absolute atomic E-state index is 14.4. The van der Waals surface area contributed by atoms with Gasteiger partial charge in [0.2, 0.25) is 17.6 Å². The van der Waals surface area contributed by atoms with Crippen LogP contribution in [0.3, 0.4) is 0 Å². The van der Waals surface area contributed by atoms with Crippen LogP contribution in [0.4, 0.5) is 4.79 Å². The fourth-order valence-electron chi connectivity index (χ4n) is 7.17. The normalized spacial score (nSPS) is 22.5. The van der Waals surface area contributed by atoms with Gasteiger partial charge in [-0.05, 0) is 46.6 Å². The maximum Gasteiger partial charge on any atom is 0.315 e. The molecule has 1 unspecified atom stereocenters. The molecule has 266 valence electrons. The fraction of sp³-hybridized carbons (Fsp3) is 0.622. The summed E-state index contributed by atoms with van der Waals surface area (Å²) < 4.78 is 0. The number of nitrogens with one attached hydrogen (secondary N) is 4. The van der Waals surface area contributed by atoms with E-state index in [0.29, 0.717) is 18.7 Å². The first-order chi connectivity index (χ1) is 22.7. The number of rotatable bonds is 11. The highest BCUT2D eigenvalue weighted by Gasteiger charge is 2.70.